The van der Waals surface area contributed by atoms with Crippen LogP contribution in [0.2, 0.25) is 0 Å². The molecule has 3 atom stereocenters. The molecular weight excluding hydrogens is 456 g/mol. The highest BCUT2D eigenvalue weighted by atomic mass is 16.3. The number of nitrogens with one attached hydrogen (secondary N) is 3. The van der Waals surface area contributed by atoms with Crippen LogP contribution in [-0.2, 0) is 0 Å². The van der Waals surface area contributed by atoms with Crippen LogP contribution >= 0.6 is 0 Å². The van der Waals surface area contributed by atoms with E-state index in [2.05, 4.69) is 26.0 Å². The predicted molar refractivity (Wildman–Crippen MR) is 136 cm³/mol. The molecule has 5 rings (SSSR count). The lowest BCUT2D eigenvalue weighted by molar-refractivity contribution is 0.0933. The number of carbonyl (C=O) groups excluding carboxylic acids is 2. The van der Waals surface area contributed by atoms with Crippen LogP contribution in [0.1, 0.15) is 56.8 Å². The van der Waals surface area contributed by atoms with Crippen LogP contribution in [0.25, 0.3) is 5.52 Å². The molecule has 9 heteroatoms. The molecule has 1 aliphatic rings. The molecule has 1 saturated carbocycles. The Morgan fingerprint density at radius 3 is 2.58 bits per heavy atom. The molecule has 0 saturated heterocycles. The SMILES string of the molecule is Cc1ccc(C(=O)N[C@H]2C[C@@H]2O)cc1Nc1ncnn2cc(C(=O)N[C@@H](C)c3ccccc3)c(C)c12. The number of aliphatic hydroxyl groups is 1. The topological polar surface area (TPSA) is 121 Å². The number of aliphatic hydroxyl groups excluding tert-OH is 1. The minimum atomic E-state index is -0.467. The van der Waals surface area contributed by atoms with Crippen molar-refractivity contribution in [2.75, 3.05) is 5.32 Å². The molecular formula is C27H28N6O3. The Bertz CT molecular complexity index is 1450. The number of nitrogens with zero attached hydrogens (tertiary/aromatic N) is 3. The van der Waals surface area contributed by atoms with E-state index >= 15 is 0 Å². The first kappa shape index (κ1) is 23.5. The van der Waals surface area contributed by atoms with E-state index in [4.69, 9.17) is 0 Å². The summed E-state index contributed by atoms with van der Waals surface area (Å²) in [6.07, 6.45) is 3.23. The molecule has 184 valence electrons. The molecule has 9 nitrogen and oxygen atoms in total. The molecule has 2 heterocycles. The smallest absolute Gasteiger partial charge is 0.253 e. The largest absolute Gasteiger partial charge is 0.391 e. The summed E-state index contributed by atoms with van der Waals surface area (Å²) < 4.78 is 1.63. The van der Waals surface area contributed by atoms with Crippen LogP contribution in [0.3, 0.4) is 0 Å². The minimum Gasteiger partial charge on any atom is -0.391 e. The van der Waals surface area contributed by atoms with Crippen LogP contribution in [-0.4, -0.2) is 43.7 Å². The van der Waals surface area contributed by atoms with Crippen molar-refractivity contribution in [3.8, 4) is 0 Å². The van der Waals surface area contributed by atoms with Gasteiger partial charge < -0.3 is 21.1 Å². The van der Waals surface area contributed by atoms with E-state index in [1.807, 2.05) is 57.2 Å². The van der Waals surface area contributed by atoms with Crippen LogP contribution < -0.4 is 16.0 Å². The summed E-state index contributed by atoms with van der Waals surface area (Å²) in [5.41, 5.74) is 5.06. The maximum Gasteiger partial charge on any atom is 0.253 e. The molecule has 0 radical (unpaired) electrons. The number of fused-ring (bicyclic) bond motifs is 1. The van der Waals surface area contributed by atoms with Gasteiger partial charge in [-0.1, -0.05) is 36.4 Å². The summed E-state index contributed by atoms with van der Waals surface area (Å²) in [5, 5.41) is 23.0. The molecule has 0 spiro atoms. The molecule has 4 aromatic rings. The van der Waals surface area contributed by atoms with E-state index in [0.717, 1.165) is 16.7 Å². The number of amides is 2. The number of anilines is 2. The molecule has 1 aliphatic carbocycles. The molecule has 2 amide bonds. The molecule has 2 aromatic heterocycles. The molecule has 0 aliphatic heterocycles. The normalized spacial score (nSPS) is 17.4. The van der Waals surface area contributed by atoms with Gasteiger partial charge in [0.05, 0.1) is 23.8 Å². The summed E-state index contributed by atoms with van der Waals surface area (Å²) in [7, 11) is 0. The van der Waals surface area contributed by atoms with Crippen molar-refractivity contribution in [2.45, 2.75) is 45.4 Å². The quantitative estimate of drug-likeness (QED) is 0.319. The van der Waals surface area contributed by atoms with Gasteiger partial charge >= 0.3 is 0 Å². The van der Waals surface area contributed by atoms with Gasteiger partial charge in [0.1, 0.15) is 11.8 Å². The van der Waals surface area contributed by atoms with Crippen molar-refractivity contribution >= 4 is 28.8 Å². The summed E-state index contributed by atoms with van der Waals surface area (Å²) in [4.78, 5) is 30.1. The fraction of sp³-hybridized carbons (Fsp3) is 0.259. The minimum absolute atomic E-state index is 0.155. The average molecular weight is 485 g/mol. The second-order valence-electron chi connectivity index (χ2n) is 9.21. The van der Waals surface area contributed by atoms with E-state index in [-0.39, 0.29) is 23.9 Å². The summed E-state index contributed by atoms with van der Waals surface area (Å²) >= 11 is 0. The van der Waals surface area contributed by atoms with Gasteiger partial charge in [-0.2, -0.15) is 5.10 Å². The van der Waals surface area contributed by atoms with Crippen molar-refractivity contribution < 1.29 is 14.7 Å². The first-order chi connectivity index (χ1) is 17.3. The van der Waals surface area contributed by atoms with Crippen molar-refractivity contribution in [1.29, 1.82) is 0 Å². The van der Waals surface area contributed by atoms with Crippen molar-refractivity contribution in [3.63, 3.8) is 0 Å². The van der Waals surface area contributed by atoms with Gasteiger partial charge in [0.15, 0.2) is 5.82 Å². The Morgan fingerprint density at radius 2 is 1.86 bits per heavy atom. The Kier molecular flexibility index (Phi) is 6.15. The molecule has 0 unspecified atom stereocenters. The Balaban J connectivity index is 1.41. The summed E-state index contributed by atoms with van der Waals surface area (Å²) in [5.74, 6) is 0.0890. The maximum absolute atomic E-state index is 13.1. The van der Waals surface area contributed by atoms with Crippen LogP contribution in [0.15, 0.2) is 61.1 Å². The Labute approximate surface area is 208 Å². The highest BCUT2D eigenvalue weighted by molar-refractivity contribution is 5.99. The number of hydrogen-bond donors (Lipinski definition) is 4. The monoisotopic (exact) mass is 484 g/mol. The highest BCUT2D eigenvalue weighted by Gasteiger charge is 2.36. The van der Waals surface area contributed by atoms with E-state index < -0.39 is 6.10 Å². The number of benzene rings is 2. The van der Waals surface area contributed by atoms with Crippen molar-refractivity contribution in [3.05, 3.63) is 88.9 Å². The number of aromatic nitrogens is 3. The molecule has 4 N–H and O–H groups in total. The zero-order valence-electron chi connectivity index (χ0n) is 20.3. The standard InChI is InChI=1S/C27H28N6O3/c1-15-9-10-19(26(35)32-22-12-23(22)34)11-21(15)31-25-24-16(2)20(13-33(24)29-14-28-25)27(36)30-17(3)18-7-5-4-6-8-18/h4-11,13-14,17,22-23,34H,12H2,1-3H3,(H,30,36)(H,32,35)(H,28,29,31)/t17-,22-,23-/m0/s1. The lowest BCUT2D eigenvalue weighted by Crippen LogP contribution is -2.27. The maximum atomic E-state index is 13.1. The van der Waals surface area contributed by atoms with Crippen LogP contribution in [0.4, 0.5) is 11.5 Å². The zero-order chi connectivity index (χ0) is 25.4. The number of aryl methyl sites for hydroxylation is 2. The van der Waals surface area contributed by atoms with Gasteiger partial charge in [0.2, 0.25) is 0 Å². The highest BCUT2D eigenvalue weighted by Crippen LogP contribution is 2.28. The number of rotatable bonds is 7. The Morgan fingerprint density at radius 1 is 1.11 bits per heavy atom. The fourth-order valence-electron chi connectivity index (χ4n) is 4.19. The molecule has 1 fully saturated rings. The number of hydrogen-bond acceptors (Lipinski definition) is 6. The van der Waals surface area contributed by atoms with Gasteiger partial charge in [-0.05, 0) is 56.0 Å². The van der Waals surface area contributed by atoms with Gasteiger partial charge in [0, 0.05) is 17.4 Å². The third-order valence-electron chi connectivity index (χ3n) is 6.54. The molecule has 2 aromatic carbocycles. The zero-order valence-corrected chi connectivity index (χ0v) is 20.3. The third-order valence-corrected chi connectivity index (χ3v) is 6.54. The van der Waals surface area contributed by atoms with E-state index in [9.17, 15) is 14.7 Å². The Hall–Kier alpha value is -4.24. The predicted octanol–water partition coefficient (Wildman–Crippen LogP) is 3.44. The summed E-state index contributed by atoms with van der Waals surface area (Å²) in [6.45, 7) is 5.74. The average Bonchev–Trinajstić information content (AvgIpc) is 3.45. The lowest BCUT2D eigenvalue weighted by Gasteiger charge is -2.14. The van der Waals surface area contributed by atoms with Gasteiger partial charge in [-0.25, -0.2) is 9.50 Å². The van der Waals surface area contributed by atoms with Gasteiger partial charge in [-0.3, -0.25) is 9.59 Å². The number of carbonyl (C=O) groups is 2. The van der Waals surface area contributed by atoms with Crippen LogP contribution in [0.5, 0.6) is 0 Å². The first-order valence-electron chi connectivity index (χ1n) is 11.9. The van der Waals surface area contributed by atoms with E-state index in [1.54, 1.807) is 22.8 Å². The second-order valence-corrected chi connectivity index (χ2v) is 9.21. The third kappa shape index (κ3) is 4.65. The first-order valence-corrected chi connectivity index (χ1v) is 11.9. The molecule has 0 bridgehead atoms. The fourth-order valence-corrected chi connectivity index (χ4v) is 4.19. The molecule has 36 heavy (non-hydrogen) atoms. The van der Waals surface area contributed by atoms with Gasteiger partial charge in [-0.15, -0.1) is 0 Å². The van der Waals surface area contributed by atoms with Crippen molar-refractivity contribution in [1.82, 2.24) is 25.2 Å². The summed E-state index contributed by atoms with van der Waals surface area (Å²) in [6, 6.07) is 14.8. The lowest BCUT2D eigenvalue weighted by atomic mass is 10.1. The van der Waals surface area contributed by atoms with E-state index in [0.29, 0.717) is 34.6 Å². The van der Waals surface area contributed by atoms with Crippen LogP contribution in [0, 0.1) is 13.8 Å². The van der Waals surface area contributed by atoms with E-state index in [1.165, 1.54) is 6.33 Å². The second kappa shape index (κ2) is 9.43. The van der Waals surface area contributed by atoms with Crippen molar-refractivity contribution in [2.24, 2.45) is 0 Å². The van der Waals surface area contributed by atoms with Gasteiger partial charge in [0.25, 0.3) is 11.8 Å².